The number of hydrogen-bond donors (Lipinski definition) is 2. The summed E-state index contributed by atoms with van der Waals surface area (Å²) in [5, 5.41) is 6.04. The van der Waals surface area contributed by atoms with E-state index in [1.807, 2.05) is 25.1 Å². The molecule has 0 bridgehead atoms. The van der Waals surface area contributed by atoms with Gasteiger partial charge in [0.2, 0.25) is 0 Å². The number of aryl methyl sites for hydroxylation is 2. The predicted octanol–water partition coefficient (Wildman–Crippen LogP) is 3.28. The van der Waals surface area contributed by atoms with E-state index in [1.165, 1.54) is 11.1 Å². The number of rotatable bonds is 4. The van der Waals surface area contributed by atoms with E-state index in [2.05, 4.69) is 41.8 Å². The lowest BCUT2D eigenvalue weighted by atomic mass is 10.1. The molecule has 2 aromatic carbocycles. The lowest BCUT2D eigenvalue weighted by molar-refractivity contribution is 0.0963. The zero-order valence-corrected chi connectivity index (χ0v) is 12.2. The Labute approximate surface area is 120 Å². The second-order valence-corrected chi connectivity index (χ2v) is 4.95. The molecule has 104 valence electrons. The zero-order valence-electron chi connectivity index (χ0n) is 12.2. The molecule has 0 aliphatic heterocycles. The molecule has 0 unspecified atom stereocenters. The quantitative estimate of drug-likeness (QED) is 0.893. The number of hydrogen-bond acceptors (Lipinski definition) is 2. The van der Waals surface area contributed by atoms with Crippen LogP contribution in [0.2, 0.25) is 0 Å². The molecule has 0 aliphatic rings. The summed E-state index contributed by atoms with van der Waals surface area (Å²) in [4.78, 5) is 11.6. The first kappa shape index (κ1) is 14.1. The summed E-state index contributed by atoms with van der Waals surface area (Å²) in [6, 6.07) is 14.1. The van der Waals surface area contributed by atoms with Crippen molar-refractivity contribution in [3.63, 3.8) is 0 Å². The molecule has 2 rings (SSSR count). The molecule has 0 atom stereocenters. The lowest BCUT2D eigenvalue weighted by Crippen LogP contribution is -2.17. The highest BCUT2D eigenvalue weighted by Crippen LogP contribution is 2.17. The van der Waals surface area contributed by atoms with Crippen molar-refractivity contribution in [2.45, 2.75) is 20.4 Å². The molecule has 0 saturated carbocycles. The highest BCUT2D eigenvalue weighted by atomic mass is 16.1. The fraction of sp³-hybridized carbons (Fsp3) is 0.235. The van der Waals surface area contributed by atoms with Gasteiger partial charge in [-0.05, 0) is 43.2 Å². The SMILES string of the molecule is CNC(=O)c1ccc(NCc2cccc(C)c2)c(C)c1. The van der Waals surface area contributed by atoms with Gasteiger partial charge in [0.15, 0.2) is 0 Å². The summed E-state index contributed by atoms with van der Waals surface area (Å²) < 4.78 is 0. The monoisotopic (exact) mass is 268 g/mol. The van der Waals surface area contributed by atoms with Crippen LogP contribution in [0.1, 0.15) is 27.0 Å². The molecule has 0 aliphatic carbocycles. The molecular formula is C17H20N2O. The van der Waals surface area contributed by atoms with E-state index in [1.54, 1.807) is 7.05 Å². The van der Waals surface area contributed by atoms with Crippen LogP contribution in [0.3, 0.4) is 0 Å². The molecule has 3 heteroatoms. The van der Waals surface area contributed by atoms with E-state index in [0.29, 0.717) is 5.56 Å². The molecule has 0 fully saturated rings. The average molecular weight is 268 g/mol. The molecule has 0 saturated heterocycles. The van der Waals surface area contributed by atoms with Crippen molar-refractivity contribution < 1.29 is 4.79 Å². The van der Waals surface area contributed by atoms with Crippen LogP contribution in [0.25, 0.3) is 0 Å². The van der Waals surface area contributed by atoms with Crippen LogP contribution >= 0.6 is 0 Å². The highest BCUT2D eigenvalue weighted by molar-refractivity contribution is 5.94. The predicted molar refractivity (Wildman–Crippen MR) is 83.1 cm³/mol. The smallest absolute Gasteiger partial charge is 0.251 e. The van der Waals surface area contributed by atoms with E-state index in [9.17, 15) is 4.79 Å². The second-order valence-electron chi connectivity index (χ2n) is 4.95. The summed E-state index contributed by atoms with van der Waals surface area (Å²) in [6.45, 7) is 4.87. The van der Waals surface area contributed by atoms with Gasteiger partial charge in [-0.1, -0.05) is 29.8 Å². The first-order valence-corrected chi connectivity index (χ1v) is 6.72. The lowest BCUT2D eigenvalue weighted by Gasteiger charge is -2.11. The van der Waals surface area contributed by atoms with Gasteiger partial charge in [-0.25, -0.2) is 0 Å². The fourth-order valence-corrected chi connectivity index (χ4v) is 2.17. The largest absolute Gasteiger partial charge is 0.381 e. The van der Waals surface area contributed by atoms with Crippen LogP contribution in [0.4, 0.5) is 5.69 Å². The van der Waals surface area contributed by atoms with Gasteiger partial charge in [0.25, 0.3) is 5.91 Å². The van der Waals surface area contributed by atoms with Crippen LogP contribution in [-0.2, 0) is 6.54 Å². The summed E-state index contributed by atoms with van der Waals surface area (Å²) in [6.07, 6.45) is 0. The summed E-state index contributed by atoms with van der Waals surface area (Å²) in [5.74, 6) is -0.0571. The maximum Gasteiger partial charge on any atom is 0.251 e. The molecule has 0 radical (unpaired) electrons. The van der Waals surface area contributed by atoms with Crippen molar-refractivity contribution >= 4 is 11.6 Å². The maximum atomic E-state index is 11.6. The Morgan fingerprint density at radius 1 is 1.10 bits per heavy atom. The Hall–Kier alpha value is -2.29. The number of nitrogens with one attached hydrogen (secondary N) is 2. The molecule has 3 nitrogen and oxygen atoms in total. The Kier molecular flexibility index (Phi) is 4.41. The van der Waals surface area contributed by atoms with Gasteiger partial charge in [-0.3, -0.25) is 4.79 Å². The van der Waals surface area contributed by atoms with E-state index >= 15 is 0 Å². The number of anilines is 1. The second kappa shape index (κ2) is 6.24. The summed E-state index contributed by atoms with van der Waals surface area (Å²) in [5.41, 5.74) is 5.32. The molecule has 2 N–H and O–H groups in total. The minimum absolute atomic E-state index is 0.0571. The minimum Gasteiger partial charge on any atom is -0.381 e. The topological polar surface area (TPSA) is 41.1 Å². The van der Waals surface area contributed by atoms with Crippen LogP contribution in [0.5, 0.6) is 0 Å². The number of amides is 1. The van der Waals surface area contributed by atoms with Gasteiger partial charge in [0.1, 0.15) is 0 Å². The Bertz CT molecular complexity index is 620. The Balaban J connectivity index is 2.08. The fourth-order valence-electron chi connectivity index (χ4n) is 2.17. The van der Waals surface area contributed by atoms with Gasteiger partial charge in [0, 0.05) is 24.8 Å². The summed E-state index contributed by atoms with van der Waals surface area (Å²) >= 11 is 0. The van der Waals surface area contributed by atoms with E-state index in [4.69, 9.17) is 0 Å². The molecule has 2 aromatic rings. The van der Waals surface area contributed by atoms with Crippen molar-refractivity contribution in [2.24, 2.45) is 0 Å². The highest BCUT2D eigenvalue weighted by Gasteiger charge is 2.05. The Morgan fingerprint density at radius 3 is 2.55 bits per heavy atom. The van der Waals surface area contributed by atoms with Gasteiger partial charge in [-0.15, -0.1) is 0 Å². The van der Waals surface area contributed by atoms with Gasteiger partial charge in [-0.2, -0.15) is 0 Å². The standard InChI is InChI=1S/C17H20N2O/c1-12-5-4-6-14(9-12)11-19-16-8-7-15(10-13(16)2)17(20)18-3/h4-10,19H,11H2,1-3H3,(H,18,20). The van der Waals surface area contributed by atoms with E-state index in [0.717, 1.165) is 17.8 Å². The van der Waals surface area contributed by atoms with Crippen molar-refractivity contribution in [3.05, 3.63) is 64.7 Å². The maximum absolute atomic E-state index is 11.6. The third kappa shape index (κ3) is 3.38. The van der Waals surface area contributed by atoms with E-state index < -0.39 is 0 Å². The molecule has 0 aromatic heterocycles. The first-order valence-electron chi connectivity index (χ1n) is 6.72. The first-order chi connectivity index (χ1) is 9.60. The van der Waals surface area contributed by atoms with Crippen molar-refractivity contribution in [3.8, 4) is 0 Å². The number of carbonyl (C=O) groups is 1. The van der Waals surface area contributed by atoms with Gasteiger partial charge >= 0.3 is 0 Å². The molecule has 0 spiro atoms. The minimum atomic E-state index is -0.0571. The van der Waals surface area contributed by atoms with Crippen LogP contribution in [0, 0.1) is 13.8 Å². The Morgan fingerprint density at radius 2 is 1.90 bits per heavy atom. The number of carbonyl (C=O) groups excluding carboxylic acids is 1. The van der Waals surface area contributed by atoms with E-state index in [-0.39, 0.29) is 5.91 Å². The van der Waals surface area contributed by atoms with Crippen LogP contribution < -0.4 is 10.6 Å². The number of benzene rings is 2. The van der Waals surface area contributed by atoms with Gasteiger partial charge in [0.05, 0.1) is 0 Å². The normalized spacial score (nSPS) is 10.2. The molecule has 0 heterocycles. The van der Waals surface area contributed by atoms with Crippen LogP contribution in [0.15, 0.2) is 42.5 Å². The third-order valence-electron chi connectivity index (χ3n) is 3.28. The molecular weight excluding hydrogens is 248 g/mol. The average Bonchev–Trinajstić information content (AvgIpc) is 2.45. The zero-order chi connectivity index (χ0) is 14.5. The molecule has 20 heavy (non-hydrogen) atoms. The van der Waals surface area contributed by atoms with Crippen molar-refractivity contribution in [1.29, 1.82) is 0 Å². The van der Waals surface area contributed by atoms with Crippen molar-refractivity contribution in [1.82, 2.24) is 5.32 Å². The summed E-state index contributed by atoms with van der Waals surface area (Å²) in [7, 11) is 1.64. The third-order valence-corrected chi connectivity index (χ3v) is 3.28. The van der Waals surface area contributed by atoms with Crippen molar-refractivity contribution in [2.75, 3.05) is 12.4 Å². The van der Waals surface area contributed by atoms with Gasteiger partial charge < -0.3 is 10.6 Å². The molecule has 1 amide bonds. The van der Waals surface area contributed by atoms with Crippen LogP contribution in [-0.4, -0.2) is 13.0 Å².